The van der Waals surface area contributed by atoms with Crippen LogP contribution >= 0.6 is 0 Å². The van der Waals surface area contributed by atoms with Gasteiger partial charge in [0, 0.05) is 12.1 Å². The van der Waals surface area contributed by atoms with Gasteiger partial charge in [-0.3, -0.25) is 0 Å². The Labute approximate surface area is 100 Å². The number of tetrazole rings is 1. The average molecular weight is 257 g/mol. The van der Waals surface area contributed by atoms with Gasteiger partial charge in [0.15, 0.2) is 0 Å². The molecule has 2 rings (SSSR count). The maximum absolute atomic E-state index is 12.8. The number of nitrogens with one attached hydrogen (secondary N) is 1. The molecule has 0 fully saturated rings. The van der Waals surface area contributed by atoms with E-state index < -0.39 is 18.6 Å². The summed E-state index contributed by atoms with van der Waals surface area (Å²) in [6, 6.07) is 5.87. The van der Waals surface area contributed by atoms with Crippen molar-refractivity contribution in [3.63, 3.8) is 0 Å². The van der Waals surface area contributed by atoms with Crippen LogP contribution in [0.5, 0.6) is 0 Å². The topological polar surface area (TPSA) is 80.5 Å². The van der Waals surface area contributed by atoms with E-state index in [1.807, 2.05) is 0 Å². The van der Waals surface area contributed by atoms with Gasteiger partial charge in [0.2, 0.25) is 5.82 Å². The lowest BCUT2D eigenvalue weighted by molar-refractivity contribution is -0.148. The second kappa shape index (κ2) is 4.73. The molecule has 1 aromatic heterocycles. The first kappa shape index (κ1) is 12.5. The highest BCUT2D eigenvalue weighted by atomic mass is 19.4. The van der Waals surface area contributed by atoms with E-state index >= 15 is 0 Å². The lowest BCUT2D eigenvalue weighted by atomic mass is 9.96. The average Bonchev–Trinajstić information content (AvgIpc) is 2.82. The lowest BCUT2D eigenvalue weighted by Gasteiger charge is -2.19. The van der Waals surface area contributed by atoms with Crippen LogP contribution in [0.1, 0.15) is 11.5 Å². The molecule has 8 heteroatoms. The predicted molar refractivity (Wildman–Crippen MR) is 57.5 cm³/mol. The predicted octanol–water partition coefficient (Wildman–Crippen LogP) is 1.47. The standard InChI is InChI=1S/C10H10F3N5/c11-10(12,13)8(5-14)6-2-1-3-7(4-6)9-15-17-18-16-9/h1-4,8H,5,14H2,(H,15,16,17,18). The van der Waals surface area contributed by atoms with Crippen LogP contribution in [0.3, 0.4) is 0 Å². The van der Waals surface area contributed by atoms with Crippen molar-refractivity contribution >= 4 is 0 Å². The Bertz CT molecular complexity index is 508. The monoisotopic (exact) mass is 257 g/mol. The molecule has 1 heterocycles. The molecule has 1 unspecified atom stereocenters. The van der Waals surface area contributed by atoms with E-state index in [-0.39, 0.29) is 11.4 Å². The Hall–Kier alpha value is -1.96. The van der Waals surface area contributed by atoms with Crippen LogP contribution in [0.4, 0.5) is 13.2 Å². The Morgan fingerprint density at radius 3 is 2.67 bits per heavy atom. The highest BCUT2D eigenvalue weighted by Crippen LogP contribution is 2.34. The molecule has 18 heavy (non-hydrogen) atoms. The Morgan fingerprint density at radius 1 is 1.33 bits per heavy atom. The number of nitrogens with two attached hydrogens (primary N) is 1. The van der Waals surface area contributed by atoms with E-state index in [2.05, 4.69) is 20.6 Å². The summed E-state index contributed by atoms with van der Waals surface area (Å²) in [7, 11) is 0. The van der Waals surface area contributed by atoms with Crippen LogP contribution in [0.25, 0.3) is 11.4 Å². The van der Waals surface area contributed by atoms with Crippen molar-refractivity contribution in [3.05, 3.63) is 29.8 Å². The van der Waals surface area contributed by atoms with Gasteiger partial charge in [-0.25, -0.2) is 0 Å². The molecule has 1 aromatic carbocycles. The minimum Gasteiger partial charge on any atom is -0.330 e. The van der Waals surface area contributed by atoms with Crippen LogP contribution in [-0.2, 0) is 0 Å². The molecule has 0 aliphatic heterocycles. The Balaban J connectivity index is 2.38. The summed E-state index contributed by atoms with van der Waals surface area (Å²) < 4.78 is 38.3. The minimum atomic E-state index is -4.37. The van der Waals surface area contributed by atoms with Crippen LogP contribution in [0.2, 0.25) is 0 Å². The summed E-state index contributed by atoms with van der Waals surface area (Å²) in [5.41, 5.74) is 5.74. The zero-order valence-corrected chi connectivity index (χ0v) is 9.15. The van der Waals surface area contributed by atoms with E-state index in [9.17, 15) is 13.2 Å². The van der Waals surface area contributed by atoms with Crippen molar-refractivity contribution in [1.29, 1.82) is 0 Å². The molecule has 0 radical (unpaired) electrons. The van der Waals surface area contributed by atoms with Crippen LogP contribution in [0, 0.1) is 0 Å². The number of aromatic nitrogens is 4. The first-order chi connectivity index (χ1) is 8.52. The number of benzene rings is 1. The van der Waals surface area contributed by atoms with Gasteiger partial charge in [0.1, 0.15) is 0 Å². The maximum Gasteiger partial charge on any atom is 0.396 e. The van der Waals surface area contributed by atoms with Crippen LogP contribution in [-0.4, -0.2) is 33.3 Å². The number of aromatic amines is 1. The molecule has 3 N–H and O–H groups in total. The van der Waals surface area contributed by atoms with Gasteiger partial charge < -0.3 is 5.73 Å². The fourth-order valence-corrected chi connectivity index (χ4v) is 1.64. The number of alkyl halides is 3. The fourth-order valence-electron chi connectivity index (χ4n) is 1.64. The van der Waals surface area contributed by atoms with Crippen molar-refractivity contribution in [1.82, 2.24) is 20.6 Å². The molecule has 5 nitrogen and oxygen atoms in total. The van der Waals surface area contributed by atoms with Gasteiger partial charge in [0.05, 0.1) is 5.92 Å². The van der Waals surface area contributed by atoms with Crippen molar-refractivity contribution in [2.75, 3.05) is 6.54 Å². The molecule has 2 aromatic rings. The highest BCUT2D eigenvalue weighted by molar-refractivity contribution is 5.55. The van der Waals surface area contributed by atoms with Crippen molar-refractivity contribution in [2.45, 2.75) is 12.1 Å². The summed E-state index contributed by atoms with van der Waals surface area (Å²) in [5, 5.41) is 13.0. The molecule has 0 aliphatic carbocycles. The van der Waals surface area contributed by atoms with E-state index in [0.29, 0.717) is 5.56 Å². The molecule has 0 bridgehead atoms. The second-order valence-corrected chi connectivity index (χ2v) is 3.69. The number of hydrogen-bond donors (Lipinski definition) is 2. The van der Waals surface area contributed by atoms with Crippen LogP contribution in [0.15, 0.2) is 24.3 Å². The summed E-state index contributed by atoms with van der Waals surface area (Å²) >= 11 is 0. The summed E-state index contributed by atoms with van der Waals surface area (Å²) in [5.74, 6) is -1.45. The zero-order valence-electron chi connectivity index (χ0n) is 9.15. The first-order valence-corrected chi connectivity index (χ1v) is 5.13. The van der Waals surface area contributed by atoms with Gasteiger partial charge >= 0.3 is 6.18 Å². The Morgan fingerprint density at radius 2 is 2.11 bits per heavy atom. The quantitative estimate of drug-likeness (QED) is 0.872. The number of hydrogen-bond acceptors (Lipinski definition) is 4. The highest BCUT2D eigenvalue weighted by Gasteiger charge is 2.39. The smallest absolute Gasteiger partial charge is 0.330 e. The number of nitrogens with zero attached hydrogens (tertiary/aromatic N) is 3. The number of H-pyrrole nitrogens is 1. The molecule has 0 amide bonds. The van der Waals surface area contributed by atoms with Crippen LogP contribution < -0.4 is 5.73 Å². The third kappa shape index (κ3) is 2.48. The zero-order chi connectivity index (χ0) is 13.2. The molecule has 1 atom stereocenters. The fraction of sp³-hybridized carbons (Fsp3) is 0.300. The summed E-state index contributed by atoms with van der Waals surface area (Å²) in [6.07, 6.45) is -4.37. The SMILES string of the molecule is NCC(c1cccc(-c2nn[nH]n2)c1)C(F)(F)F. The molecule has 0 aliphatic rings. The Kier molecular flexibility index (Phi) is 3.28. The minimum absolute atomic E-state index is 0.0901. The third-order valence-electron chi connectivity index (χ3n) is 2.52. The van der Waals surface area contributed by atoms with Gasteiger partial charge in [-0.1, -0.05) is 18.2 Å². The van der Waals surface area contributed by atoms with E-state index in [1.165, 1.54) is 18.2 Å². The molecule has 96 valence electrons. The van der Waals surface area contributed by atoms with E-state index in [1.54, 1.807) is 6.07 Å². The maximum atomic E-state index is 12.8. The van der Waals surface area contributed by atoms with Gasteiger partial charge in [-0.15, -0.1) is 10.2 Å². The van der Waals surface area contributed by atoms with Gasteiger partial charge in [0.25, 0.3) is 0 Å². The van der Waals surface area contributed by atoms with Gasteiger partial charge in [-0.2, -0.15) is 18.4 Å². The normalized spacial score (nSPS) is 13.6. The summed E-state index contributed by atoms with van der Waals surface area (Å²) in [4.78, 5) is 0. The first-order valence-electron chi connectivity index (χ1n) is 5.13. The number of rotatable bonds is 3. The molecule has 0 saturated heterocycles. The third-order valence-corrected chi connectivity index (χ3v) is 2.52. The van der Waals surface area contributed by atoms with E-state index in [4.69, 9.17) is 5.73 Å². The summed E-state index contributed by atoms with van der Waals surface area (Å²) in [6.45, 7) is -0.501. The molecular weight excluding hydrogens is 247 g/mol. The van der Waals surface area contributed by atoms with Crippen molar-refractivity contribution in [3.8, 4) is 11.4 Å². The lowest BCUT2D eigenvalue weighted by Crippen LogP contribution is -2.28. The van der Waals surface area contributed by atoms with Gasteiger partial charge in [-0.05, 0) is 16.8 Å². The van der Waals surface area contributed by atoms with E-state index in [0.717, 1.165) is 0 Å². The van der Waals surface area contributed by atoms with Crippen molar-refractivity contribution in [2.24, 2.45) is 5.73 Å². The largest absolute Gasteiger partial charge is 0.396 e. The molecular formula is C10H10F3N5. The van der Waals surface area contributed by atoms with Crippen molar-refractivity contribution < 1.29 is 13.2 Å². The second-order valence-electron chi connectivity index (χ2n) is 3.69. The molecule has 0 spiro atoms. The molecule has 0 saturated carbocycles. The number of halogens is 3.